The molecule has 0 unspecified atom stereocenters. The molecule has 1 saturated carbocycles. The molecule has 2 aromatic carbocycles. The van der Waals surface area contributed by atoms with Gasteiger partial charge in [0.25, 0.3) is 5.69 Å². The molecule has 26 heavy (non-hydrogen) atoms. The van der Waals surface area contributed by atoms with Gasteiger partial charge in [0.1, 0.15) is 0 Å². The van der Waals surface area contributed by atoms with E-state index in [1.165, 1.54) is 23.8 Å². The molecule has 2 aromatic rings. The number of nitro benzene ring substituents is 1. The van der Waals surface area contributed by atoms with Gasteiger partial charge in [0, 0.05) is 24.3 Å². The number of nitrogens with one attached hydrogen (secondary N) is 1. The third-order valence-corrected chi connectivity index (χ3v) is 4.85. The minimum atomic E-state index is -0.442. The smallest absolute Gasteiger partial charge is 0.270 e. The van der Waals surface area contributed by atoms with Crippen LogP contribution in [-0.2, 0) is 4.79 Å². The first-order valence-corrected chi connectivity index (χ1v) is 8.90. The lowest BCUT2D eigenvalue weighted by atomic mass is 9.82. The van der Waals surface area contributed by atoms with Crippen LogP contribution in [0.3, 0.4) is 0 Å². The Kier molecular flexibility index (Phi) is 5.79. The average Bonchev–Trinajstić information content (AvgIpc) is 2.68. The van der Waals surface area contributed by atoms with Gasteiger partial charge in [0.05, 0.1) is 4.92 Å². The summed E-state index contributed by atoms with van der Waals surface area (Å²) in [6, 6.07) is 16.9. The van der Waals surface area contributed by atoms with Gasteiger partial charge in [-0.3, -0.25) is 14.9 Å². The van der Waals surface area contributed by atoms with Crippen LogP contribution in [0.15, 0.2) is 60.7 Å². The Morgan fingerprint density at radius 3 is 2.46 bits per heavy atom. The van der Waals surface area contributed by atoms with Gasteiger partial charge < -0.3 is 5.32 Å². The van der Waals surface area contributed by atoms with Crippen LogP contribution < -0.4 is 5.32 Å². The van der Waals surface area contributed by atoms with Crippen LogP contribution in [0.5, 0.6) is 0 Å². The second kappa shape index (κ2) is 8.43. The van der Waals surface area contributed by atoms with Crippen molar-refractivity contribution in [3.8, 4) is 0 Å². The SMILES string of the molecule is O=C(/C=C/c1cccc([N+](=O)[O-])c1)NC1CCC(c2ccccc2)CC1. The van der Waals surface area contributed by atoms with Crippen LogP contribution in [0.25, 0.3) is 6.08 Å². The zero-order valence-corrected chi connectivity index (χ0v) is 14.5. The first kappa shape index (κ1) is 17.9. The third-order valence-electron chi connectivity index (χ3n) is 4.85. The van der Waals surface area contributed by atoms with Crippen LogP contribution >= 0.6 is 0 Å². The average molecular weight is 350 g/mol. The van der Waals surface area contributed by atoms with E-state index in [-0.39, 0.29) is 17.6 Å². The monoisotopic (exact) mass is 350 g/mol. The Hall–Kier alpha value is -2.95. The second-order valence-electron chi connectivity index (χ2n) is 6.65. The molecule has 1 amide bonds. The zero-order chi connectivity index (χ0) is 18.4. The highest BCUT2D eigenvalue weighted by Crippen LogP contribution is 2.32. The summed E-state index contributed by atoms with van der Waals surface area (Å²) in [6.45, 7) is 0. The van der Waals surface area contributed by atoms with Crippen molar-refractivity contribution in [2.24, 2.45) is 0 Å². The van der Waals surface area contributed by atoms with Gasteiger partial charge in [0.2, 0.25) is 5.91 Å². The van der Waals surface area contributed by atoms with Gasteiger partial charge >= 0.3 is 0 Å². The standard InChI is InChI=1S/C21H22N2O3/c24-21(14-9-16-5-4-8-20(15-16)23(25)26)22-19-12-10-18(11-13-19)17-6-2-1-3-7-17/h1-9,14-15,18-19H,10-13H2,(H,22,24)/b14-9+. The molecule has 5 nitrogen and oxygen atoms in total. The van der Waals surface area contributed by atoms with E-state index in [4.69, 9.17) is 0 Å². The maximum Gasteiger partial charge on any atom is 0.270 e. The minimum Gasteiger partial charge on any atom is -0.350 e. The van der Waals surface area contributed by atoms with Crippen LogP contribution in [0.4, 0.5) is 5.69 Å². The largest absolute Gasteiger partial charge is 0.350 e. The number of amides is 1. The molecule has 0 saturated heterocycles. The molecule has 0 radical (unpaired) electrons. The summed E-state index contributed by atoms with van der Waals surface area (Å²) in [5.41, 5.74) is 2.04. The molecular formula is C21H22N2O3. The Morgan fingerprint density at radius 1 is 1.04 bits per heavy atom. The van der Waals surface area contributed by atoms with Crippen molar-refractivity contribution >= 4 is 17.7 Å². The van der Waals surface area contributed by atoms with Crippen LogP contribution in [-0.4, -0.2) is 16.9 Å². The van der Waals surface area contributed by atoms with Gasteiger partial charge in [-0.05, 0) is 48.8 Å². The summed E-state index contributed by atoms with van der Waals surface area (Å²) in [7, 11) is 0. The van der Waals surface area contributed by atoms with E-state index in [0.717, 1.165) is 25.7 Å². The molecule has 1 aliphatic rings. The molecule has 1 aliphatic carbocycles. The first-order valence-electron chi connectivity index (χ1n) is 8.90. The number of carbonyl (C=O) groups excluding carboxylic acids is 1. The molecular weight excluding hydrogens is 328 g/mol. The van der Waals surface area contributed by atoms with Crippen LogP contribution in [0.1, 0.15) is 42.7 Å². The molecule has 0 heterocycles. The number of hydrogen-bond acceptors (Lipinski definition) is 3. The predicted octanol–water partition coefficient (Wildman–Crippen LogP) is 4.45. The van der Waals surface area contributed by atoms with E-state index >= 15 is 0 Å². The van der Waals surface area contributed by atoms with Crippen molar-refractivity contribution in [3.05, 3.63) is 81.9 Å². The Morgan fingerprint density at radius 2 is 1.77 bits per heavy atom. The molecule has 3 rings (SSSR count). The van der Waals surface area contributed by atoms with Crippen molar-refractivity contribution in [3.63, 3.8) is 0 Å². The fourth-order valence-corrected chi connectivity index (χ4v) is 3.46. The summed E-state index contributed by atoms with van der Waals surface area (Å²) in [5, 5.41) is 13.8. The van der Waals surface area contributed by atoms with Gasteiger partial charge in [-0.2, -0.15) is 0 Å². The van der Waals surface area contributed by atoms with Crippen molar-refractivity contribution in [1.82, 2.24) is 5.32 Å². The predicted molar refractivity (Wildman–Crippen MR) is 102 cm³/mol. The highest BCUT2D eigenvalue weighted by atomic mass is 16.6. The van der Waals surface area contributed by atoms with E-state index in [1.54, 1.807) is 18.2 Å². The molecule has 134 valence electrons. The number of rotatable bonds is 5. The summed E-state index contributed by atoms with van der Waals surface area (Å²) >= 11 is 0. The van der Waals surface area contributed by atoms with Crippen molar-refractivity contribution < 1.29 is 9.72 Å². The Bertz CT molecular complexity index is 794. The maximum atomic E-state index is 12.1. The topological polar surface area (TPSA) is 72.2 Å². The first-order chi connectivity index (χ1) is 12.6. The number of nitrogens with zero attached hydrogens (tertiary/aromatic N) is 1. The molecule has 1 N–H and O–H groups in total. The van der Waals surface area contributed by atoms with Gasteiger partial charge in [-0.25, -0.2) is 0 Å². The highest BCUT2D eigenvalue weighted by Gasteiger charge is 2.22. The lowest BCUT2D eigenvalue weighted by molar-refractivity contribution is -0.384. The summed E-state index contributed by atoms with van der Waals surface area (Å²) < 4.78 is 0. The molecule has 0 spiro atoms. The normalized spacial score (nSPS) is 20.0. The Labute approximate surface area is 152 Å². The number of nitro groups is 1. The van der Waals surface area contributed by atoms with E-state index in [0.29, 0.717) is 11.5 Å². The number of benzene rings is 2. The molecule has 0 aromatic heterocycles. The lowest BCUT2D eigenvalue weighted by Crippen LogP contribution is -2.36. The van der Waals surface area contributed by atoms with Gasteiger partial charge in [-0.15, -0.1) is 0 Å². The quantitative estimate of drug-likeness (QED) is 0.492. The summed E-state index contributed by atoms with van der Waals surface area (Å²) in [5.74, 6) is 0.421. The van der Waals surface area contributed by atoms with E-state index < -0.39 is 4.92 Å². The fourth-order valence-electron chi connectivity index (χ4n) is 3.46. The van der Waals surface area contributed by atoms with E-state index in [2.05, 4.69) is 29.6 Å². The summed E-state index contributed by atoms with van der Waals surface area (Å²) in [4.78, 5) is 22.5. The molecule has 0 bridgehead atoms. The maximum absolute atomic E-state index is 12.1. The number of hydrogen-bond donors (Lipinski definition) is 1. The highest BCUT2D eigenvalue weighted by molar-refractivity contribution is 5.92. The number of non-ortho nitro benzene ring substituents is 1. The second-order valence-corrected chi connectivity index (χ2v) is 6.65. The van der Waals surface area contributed by atoms with E-state index in [9.17, 15) is 14.9 Å². The Balaban J connectivity index is 1.50. The number of carbonyl (C=O) groups is 1. The molecule has 0 aliphatic heterocycles. The van der Waals surface area contributed by atoms with Crippen LogP contribution in [0.2, 0.25) is 0 Å². The summed E-state index contributed by atoms with van der Waals surface area (Å²) in [6.07, 6.45) is 7.14. The lowest BCUT2D eigenvalue weighted by Gasteiger charge is -2.29. The molecule has 5 heteroatoms. The van der Waals surface area contributed by atoms with Crippen LogP contribution in [0, 0.1) is 10.1 Å². The van der Waals surface area contributed by atoms with Crippen molar-refractivity contribution in [1.29, 1.82) is 0 Å². The van der Waals surface area contributed by atoms with Crippen molar-refractivity contribution in [2.75, 3.05) is 0 Å². The molecule has 0 atom stereocenters. The molecule has 1 fully saturated rings. The fraction of sp³-hybridized carbons (Fsp3) is 0.286. The minimum absolute atomic E-state index is 0.0202. The van der Waals surface area contributed by atoms with Gasteiger partial charge in [0.15, 0.2) is 0 Å². The third kappa shape index (κ3) is 4.79. The van der Waals surface area contributed by atoms with E-state index in [1.807, 2.05) is 6.07 Å². The van der Waals surface area contributed by atoms with Crippen molar-refractivity contribution in [2.45, 2.75) is 37.6 Å². The van der Waals surface area contributed by atoms with Gasteiger partial charge in [-0.1, -0.05) is 42.5 Å². The zero-order valence-electron chi connectivity index (χ0n) is 14.5.